The van der Waals surface area contributed by atoms with E-state index in [9.17, 15) is 0 Å². The molecule has 1 nitrogen and oxygen atoms in total. The molecule has 59 heavy (non-hydrogen) atoms. The van der Waals surface area contributed by atoms with Crippen LogP contribution >= 0.6 is 22.7 Å². The molecule has 2 heterocycles. The van der Waals surface area contributed by atoms with E-state index < -0.39 is 0 Å². The molecule has 2 aromatic heterocycles. The molecule has 0 fully saturated rings. The number of thiophene rings is 2. The smallest absolute Gasteiger partial charge is 0.0540 e. The van der Waals surface area contributed by atoms with Gasteiger partial charge < -0.3 is 4.90 Å². The number of fused-ring (bicyclic) bond motifs is 8. The summed E-state index contributed by atoms with van der Waals surface area (Å²) in [6, 6.07) is 78.3. The van der Waals surface area contributed by atoms with Crippen molar-refractivity contribution in [3.8, 4) is 33.4 Å². The second kappa shape index (κ2) is 13.8. The van der Waals surface area contributed by atoms with Crippen molar-refractivity contribution in [1.82, 2.24) is 0 Å². The number of rotatable bonds is 6. The molecule has 276 valence electrons. The molecule has 3 heteroatoms. The van der Waals surface area contributed by atoms with Crippen LogP contribution in [0.3, 0.4) is 0 Å². The summed E-state index contributed by atoms with van der Waals surface area (Å²) in [5.74, 6) is 0. The summed E-state index contributed by atoms with van der Waals surface area (Å²) < 4.78 is 5.29. The van der Waals surface area contributed by atoms with Crippen LogP contribution in [-0.2, 0) is 0 Å². The second-order valence-electron chi connectivity index (χ2n) is 15.3. The summed E-state index contributed by atoms with van der Waals surface area (Å²) in [5, 5.41) is 10.2. The lowest BCUT2D eigenvalue weighted by atomic mass is 9.92. The molecule has 0 unspecified atom stereocenters. The molecule has 10 aromatic carbocycles. The van der Waals surface area contributed by atoms with Gasteiger partial charge in [-0.2, -0.15) is 0 Å². The number of nitrogens with zero attached hydrogens (tertiary/aromatic N) is 1. The first-order valence-electron chi connectivity index (χ1n) is 20.1. The molecule has 0 atom stereocenters. The van der Waals surface area contributed by atoms with E-state index in [1.54, 1.807) is 0 Å². The summed E-state index contributed by atoms with van der Waals surface area (Å²) in [4.78, 5) is 2.41. The molecule has 0 aliphatic rings. The molecule has 0 amide bonds. The van der Waals surface area contributed by atoms with Crippen molar-refractivity contribution in [2.24, 2.45) is 0 Å². The first kappa shape index (κ1) is 34.0. The summed E-state index contributed by atoms with van der Waals surface area (Å²) in [5.41, 5.74) is 10.8. The van der Waals surface area contributed by atoms with Crippen LogP contribution < -0.4 is 4.90 Å². The number of benzene rings is 10. The summed E-state index contributed by atoms with van der Waals surface area (Å²) >= 11 is 3.78. The maximum atomic E-state index is 2.41. The molecular formula is C56H35NS2. The fourth-order valence-electron chi connectivity index (χ4n) is 9.00. The minimum absolute atomic E-state index is 1.11. The van der Waals surface area contributed by atoms with E-state index in [1.165, 1.54) is 95.3 Å². The lowest BCUT2D eigenvalue weighted by Gasteiger charge is -2.27. The van der Waals surface area contributed by atoms with E-state index >= 15 is 0 Å². The second-order valence-corrected chi connectivity index (χ2v) is 17.4. The highest BCUT2D eigenvalue weighted by molar-refractivity contribution is 7.26. The van der Waals surface area contributed by atoms with E-state index in [0.29, 0.717) is 0 Å². The number of hydrogen-bond donors (Lipinski definition) is 0. The topological polar surface area (TPSA) is 3.24 Å². The van der Waals surface area contributed by atoms with Crippen molar-refractivity contribution in [3.63, 3.8) is 0 Å². The summed E-state index contributed by atoms with van der Waals surface area (Å²) in [6.07, 6.45) is 0. The van der Waals surface area contributed by atoms with Crippen molar-refractivity contribution >= 4 is 102 Å². The van der Waals surface area contributed by atoms with Crippen molar-refractivity contribution in [2.45, 2.75) is 0 Å². The molecule has 0 aliphatic heterocycles. The van der Waals surface area contributed by atoms with E-state index in [-0.39, 0.29) is 0 Å². The van der Waals surface area contributed by atoms with Crippen LogP contribution in [0.25, 0.3) is 95.3 Å². The Morgan fingerprint density at radius 2 is 0.780 bits per heavy atom. The van der Waals surface area contributed by atoms with Crippen molar-refractivity contribution in [2.75, 3.05) is 4.90 Å². The van der Waals surface area contributed by atoms with Crippen LogP contribution in [-0.4, -0.2) is 0 Å². The number of anilines is 3. The monoisotopic (exact) mass is 785 g/mol. The Hall–Kier alpha value is -7.04. The Morgan fingerprint density at radius 3 is 1.44 bits per heavy atom. The highest BCUT2D eigenvalue weighted by Crippen LogP contribution is 2.46. The van der Waals surface area contributed by atoms with Crippen LogP contribution in [0.5, 0.6) is 0 Å². The zero-order valence-electron chi connectivity index (χ0n) is 32.0. The molecule has 12 aromatic rings. The van der Waals surface area contributed by atoms with Crippen LogP contribution in [0.15, 0.2) is 212 Å². The minimum atomic E-state index is 1.11. The number of hydrogen-bond acceptors (Lipinski definition) is 3. The van der Waals surface area contributed by atoms with Crippen LogP contribution in [0, 0.1) is 0 Å². The van der Waals surface area contributed by atoms with E-state index in [2.05, 4.69) is 217 Å². The lowest BCUT2D eigenvalue weighted by molar-refractivity contribution is 1.30. The predicted octanol–water partition coefficient (Wildman–Crippen LogP) is 17.2. The van der Waals surface area contributed by atoms with Gasteiger partial charge in [0.15, 0.2) is 0 Å². The standard InChI is InChI=1S/C56H35NS2/c1-2-14-39-35-44(31-28-36(39)12-1)57(52-23-9-15-38-13-3-4-16-45(38)52)43-29-26-37(27-30-43)40-32-41(46-19-10-21-50-48-17-5-7-24-53(48)58-55(46)50)34-42(33-40)47-20-11-22-51-49-18-6-8-25-54(49)59-56(47)51/h1-35H. The van der Waals surface area contributed by atoms with Gasteiger partial charge in [-0.15, -0.1) is 22.7 Å². The molecule has 0 spiro atoms. The Labute approximate surface area is 350 Å². The highest BCUT2D eigenvalue weighted by Gasteiger charge is 2.18. The van der Waals surface area contributed by atoms with Crippen LogP contribution in [0.4, 0.5) is 17.1 Å². The molecule has 0 aliphatic carbocycles. The normalized spacial score (nSPS) is 11.7. The van der Waals surface area contributed by atoms with Gasteiger partial charge in [0, 0.05) is 57.1 Å². The largest absolute Gasteiger partial charge is 0.310 e. The maximum absolute atomic E-state index is 2.41. The van der Waals surface area contributed by atoms with Gasteiger partial charge in [-0.3, -0.25) is 0 Å². The van der Waals surface area contributed by atoms with Crippen molar-refractivity contribution in [3.05, 3.63) is 212 Å². The average Bonchev–Trinajstić information content (AvgIpc) is 3.88. The van der Waals surface area contributed by atoms with Crippen LogP contribution in [0.1, 0.15) is 0 Å². The maximum Gasteiger partial charge on any atom is 0.0540 e. The third-order valence-electron chi connectivity index (χ3n) is 11.8. The lowest BCUT2D eigenvalue weighted by Crippen LogP contribution is -2.10. The third-order valence-corrected chi connectivity index (χ3v) is 14.3. The Kier molecular flexibility index (Phi) is 7.97. The molecule has 0 saturated heterocycles. The SMILES string of the molecule is c1ccc2cc(N(c3ccc(-c4cc(-c5cccc6c5sc5ccccc56)cc(-c5cccc6c5sc5ccccc56)c4)cc3)c3cccc4ccccc34)ccc2c1. The van der Waals surface area contributed by atoms with Gasteiger partial charge in [-0.25, -0.2) is 0 Å². The van der Waals surface area contributed by atoms with E-state index in [4.69, 9.17) is 0 Å². The first-order valence-corrected chi connectivity index (χ1v) is 21.7. The zero-order valence-corrected chi connectivity index (χ0v) is 33.6. The minimum Gasteiger partial charge on any atom is -0.310 e. The van der Waals surface area contributed by atoms with Crippen molar-refractivity contribution in [1.29, 1.82) is 0 Å². The van der Waals surface area contributed by atoms with Gasteiger partial charge in [-0.1, -0.05) is 152 Å². The molecular weight excluding hydrogens is 751 g/mol. The molecule has 0 saturated carbocycles. The van der Waals surface area contributed by atoms with E-state index in [0.717, 1.165) is 17.1 Å². The molecule has 12 rings (SSSR count). The summed E-state index contributed by atoms with van der Waals surface area (Å²) in [6.45, 7) is 0. The Bertz CT molecular complexity index is 3430. The van der Waals surface area contributed by atoms with Crippen LogP contribution in [0.2, 0.25) is 0 Å². The average molecular weight is 786 g/mol. The Balaban J connectivity index is 1.05. The predicted molar refractivity (Wildman–Crippen MR) is 258 cm³/mol. The fourth-order valence-corrected chi connectivity index (χ4v) is 11.5. The van der Waals surface area contributed by atoms with Gasteiger partial charge in [0.2, 0.25) is 0 Å². The third kappa shape index (κ3) is 5.73. The van der Waals surface area contributed by atoms with Gasteiger partial charge >= 0.3 is 0 Å². The summed E-state index contributed by atoms with van der Waals surface area (Å²) in [7, 11) is 0. The van der Waals surface area contributed by atoms with Gasteiger partial charge in [0.05, 0.1) is 5.69 Å². The fraction of sp³-hybridized carbons (Fsp3) is 0. The zero-order chi connectivity index (χ0) is 38.9. The van der Waals surface area contributed by atoms with Gasteiger partial charge in [0.25, 0.3) is 0 Å². The quantitative estimate of drug-likeness (QED) is 0.162. The van der Waals surface area contributed by atoms with Crippen molar-refractivity contribution < 1.29 is 0 Å². The Morgan fingerprint density at radius 1 is 0.288 bits per heavy atom. The first-order chi connectivity index (χ1) is 29.2. The highest BCUT2D eigenvalue weighted by atomic mass is 32.1. The molecule has 0 bridgehead atoms. The van der Waals surface area contributed by atoms with E-state index in [1.807, 2.05) is 22.7 Å². The van der Waals surface area contributed by atoms with Gasteiger partial charge in [-0.05, 0) is 110 Å². The molecule has 0 radical (unpaired) electrons. The molecule has 0 N–H and O–H groups in total. The van der Waals surface area contributed by atoms with Gasteiger partial charge in [0.1, 0.15) is 0 Å².